The van der Waals surface area contributed by atoms with Gasteiger partial charge >= 0.3 is 0 Å². The predicted octanol–water partition coefficient (Wildman–Crippen LogP) is 2.12. The van der Waals surface area contributed by atoms with E-state index in [0.29, 0.717) is 12.1 Å². The molecule has 1 unspecified atom stereocenters. The highest BCUT2D eigenvalue weighted by atomic mass is 32.2. The van der Waals surface area contributed by atoms with Gasteiger partial charge in [0.05, 0.1) is 18.5 Å². The number of nitrogens with two attached hydrogens (primary N) is 1. The first-order valence-corrected chi connectivity index (χ1v) is 9.24. The monoisotopic (exact) mass is 342 g/mol. The van der Waals surface area contributed by atoms with Gasteiger partial charge in [0.15, 0.2) is 0 Å². The van der Waals surface area contributed by atoms with Crippen molar-refractivity contribution in [3.8, 4) is 5.75 Å². The molecular formula is C16H26N2O4S. The van der Waals surface area contributed by atoms with E-state index in [1.807, 2.05) is 38.1 Å². The smallest absolute Gasteiger partial charge is 0.264 e. The van der Waals surface area contributed by atoms with Crippen molar-refractivity contribution < 1.29 is 17.3 Å². The number of hydrogen-bond donors (Lipinski definition) is 2. The second-order valence-corrected chi connectivity index (χ2v) is 7.33. The Bertz CT molecular complexity index is 637. The fraction of sp³-hybridized carbons (Fsp3) is 0.500. The van der Waals surface area contributed by atoms with Gasteiger partial charge in [-0.05, 0) is 57.4 Å². The Morgan fingerprint density at radius 2 is 1.78 bits per heavy atom. The summed E-state index contributed by atoms with van der Waals surface area (Å²) in [4.78, 5) is 0. The topological polar surface area (TPSA) is 90.7 Å². The zero-order chi connectivity index (χ0) is 17.6. The Labute approximate surface area is 138 Å². The van der Waals surface area contributed by atoms with Gasteiger partial charge in [0.2, 0.25) is 0 Å². The van der Waals surface area contributed by atoms with Crippen LogP contribution in [0.1, 0.15) is 33.3 Å². The molecule has 1 aromatic rings. The molecule has 0 aliphatic rings. The van der Waals surface area contributed by atoms with E-state index in [0.717, 1.165) is 23.1 Å². The van der Waals surface area contributed by atoms with Crippen molar-refractivity contribution in [2.24, 2.45) is 5.84 Å². The highest BCUT2D eigenvalue weighted by molar-refractivity contribution is 7.86. The number of rotatable bonds is 8. The second-order valence-electron chi connectivity index (χ2n) is 5.72. The van der Waals surface area contributed by atoms with Crippen molar-refractivity contribution >= 4 is 10.1 Å². The van der Waals surface area contributed by atoms with Crippen LogP contribution in [0, 0.1) is 0 Å². The highest BCUT2D eigenvalue weighted by Gasteiger charge is 2.18. The molecule has 7 heteroatoms. The molecule has 0 radical (unpaired) electrons. The number of ether oxygens (including phenoxy) is 1. The van der Waals surface area contributed by atoms with Gasteiger partial charge in [-0.15, -0.1) is 0 Å². The molecule has 1 atom stereocenters. The van der Waals surface area contributed by atoms with E-state index in [1.165, 1.54) is 0 Å². The summed E-state index contributed by atoms with van der Waals surface area (Å²) in [5.41, 5.74) is 5.04. The molecule has 0 fully saturated rings. The van der Waals surface area contributed by atoms with Crippen molar-refractivity contribution in [3.63, 3.8) is 0 Å². The van der Waals surface area contributed by atoms with Crippen molar-refractivity contribution in [3.05, 3.63) is 41.1 Å². The SMILES string of the molecule is C/C(NN)=C(\Cc1ccc(OC(C)C)cc1)C(C)OS(C)(=O)=O. The molecular weight excluding hydrogens is 316 g/mol. The first-order chi connectivity index (χ1) is 10.6. The average molecular weight is 342 g/mol. The van der Waals surface area contributed by atoms with Crippen LogP contribution in [0.2, 0.25) is 0 Å². The molecule has 0 aromatic heterocycles. The first-order valence-electron chi connectivity index (χ1n) is 7.42. The third-order valence-electron chi connectivity index (χ3n) is 3.20. The molecule has 0 heterocycles. The number of hydrazine groups is 1. The van der Waals surface area contributed by atoms with Crippen molar-refractivity contribution in [2.75, 3.05) is 6.26 Å². The summed E-state index contributed by atoms with van der Waals surface area (Å²) in [6, 6.07) is 7.66. The maximum absolute atomic E-state index is 11.3. The summed E-state index contributed by atoms with van der Waals surface area (Å²) in [5, 5.41) is 0. The van der Waals surface area contributed by atoms with Crippen LogP contribution in [0.25, 0.3) is 0 Å². The number of nitrogens with one attached hydrogen (secondary N) is 1. The molecule has 0 bridgehead atoms. The summed E-state index contributed by atoms with van der Waals surface area (Å²) in [7, 11) is -3.55. The van der Waals surface area contributed by atoms with Gasteiger partial charge in [-0.2, -0.15) is 8.42 Å². The minimum Gasteiger partial charge on any atom is -0.491 e. The molecule has 1 rings (SSSR count). The van der Waals surface area contributed by atoms with E-state index in [2.05, 4.69) is 5.43 Å². The van der Waals surface area contributed by atoms with Gasteiger partial charge < -0.3 is 10.2 Å². The third kappa shape index (κ3) is 7.02. The summed E-state index contributed by atoms with van der Waals surface area (Å²) >= 11 is 0. The van der Waals surface area contributed by atoms with Gasteiger partial charge in [-0.1, -0.05) is 12.1 Å². The molecule has 0 aliphatic heterocycles. The van der Waals surface area contributed by atoms with Gasteiger partial charge in [0.1, 0.15) is 5.75 Å². The highest BCUT2D eigenvalue weighted by Crippen LogP contribution is 2.21. The minimum atomic E-state index is -3.55. The lowest BCUT2D eigenvalue weighted by Gasteiger charge is -2.19. The average Bonchev–Trinajstić information content (AvgIpc) is 2.43. The number of hydrogen-bond acceptors (Lipinski definition) is 6. The van der Waals surface area contributed by atoms with E-state index >= 15 is 0 Å². The Morgan fingerprint density at radius 1 is 1.22 bits per heavy atom. The Morgan fingerprint density at radius 3 is 2.22 bits per heavy atom. The quantitative estimate of drug-likeness (QED) is 0.427. The van der Waals surface area contributed by atoms with E-state index in [9.17, 15) is 8.42 Å². The lowest BCUT2D eigenvalue weighted by atomic mass is 9.99. The molecule has 130 valence electrons. The van der Waals surface area contributed by atoms with E-state index in [-0.39, 0.29) is 6.10 Å². The molecule has 0 aliphatic carbocycles. The standard InChI is InChI=1S/C16H26N2O4S/c1-11(2)21-15-8-6-14(7-9-15)10-16(12(3)18-17)13(4)22-23(5,19)20/h6-9,11,13,18H,10,17H2,1-5H3/b16-12-. The Hall–Kier alpha value is -1.57. The van der Waals surface area contributed by atoms with Crippen LogP contribution >= 0.6 is 0 Å². The molecule has 0 amide bonds. The number of allylic oxidation sites excluding steroid dienone is 1. The Balaban J connectivity index is 2.94. The fourth-order valence-electron chi connectivity index (χ4n) is 2.17. The minimum absolute atomic E-state index is 0.114. The molecule has 3 N–H and O–H groups in total. The molecule has 0 saturated heterocycles. The number of benzene rings is 1. The largest absolute Gasteiger partial charge is 0.491 e. The van der Waals surface area contributed by atoms with Crippen molar-refractivity contribution in [1.29, 1.82) is 0 Å². The molecule has 0 saturated carbocycles. The fourth-order valence-corrected chi connectivity index (χ4v) is 2.81. The molecule has 0 spiro atoms. The molecule has 23 heavy (non-hydrogen) atoms. The van der Waals surface area contributed by atoms with Gasteiger partial charge in [-0.3, -0.25) is 10.0 Å². The second kappa shape index (κ2) is 8.33. The lowest BCUT2D eigenvalue weighted by molar-refractivity contribution is 0.242. The first kappa shape index (κ1) is 19.5. The van der Waals surface area contributed by atoms with E-state index < -0.39 is 16.2 Å². The van der Waals surface area contributed by atoms with Crippen LogP contribution in [-0.2, 0) is 20.7 Å². The van der Waals surface area contributed by atoms with Crippen molar-refractivity contribution in [1.82, 2.24) is 5.43 Å². The van der Waals surface area contributed by atoms with Crippen LogP contribution in [0.3, 0.4) is 0 Å². The third-order valence-corrected chi connectivity index (χ3v) is 3.84. The van der Waals surface area contributed by atoms with Crippen molar-refractivity contribution in [2.45, 2.75) is 46.3 Å². The van der Waals surface area contributed by atoms with Crippen LogP contribution in [-0.4, -0.2) is 26.9 Å². The van der Waals surface area contributed by atoms with Crippen LogP contribution in [0.5, 0.6) is 5.75 Å². The zero-order valence-corrected chi connectivity index (χ0v) is 15.1. The maximum atomic E-state index is 11.3. The predicted molar refractivity (Wildman–Crippen MR) is 91.3 cm³/mol. The normalized spacial score (nSPS) is 14.4. The Kier molecular flexibility index (Phi) is 7.05. The maximum Gasteiger partial charge on any atom is 0.264 e. The summed E-state index contributed by atoms with van der Waals surface area (Å²) in [5.74, 6) is 6.27. The lowest BCUT2D eigenvalue weighted by Crippen LogP contribution is -2.26. The zero-order valence-electron chi connectivity index (χ0n) is 14.3. The molecule has 1 aromatic carbocycles. The van der Waals surface area contributed by atoms with Crippen LogP contribution in [0.4, 0.5) is 0 Å². The summed E-state index contributed by atoms with van der Waals surface area (Å²) in [6.07, 6.45) is 1.06. The van der Waals surface area contributed by atoms with Gasteiger partial charge in [0, 0.05) is 5.70 Å². The van der Waals surface area contributed by atoms with E-state index in [1.54, 1.807) is 13.8 Å². The van der Waals surface area contributed by atoms with Crippen LogP contribution < -0.4 is 16.0 Å². The summed E-state index contributed by atoms with van der Waals surface area (Å²) < 4.78 is 33.4. The molecule has 6 nitrogen and oxygen atoms in total. The van der Waals surface area contributed by atoms with Crippen LogP contribution in [0.15, 0.2) is 35.5 Å². The van der Waals surface area contributed by atoms with E-state index in [4.69, 9.17) is 14.8 Å². The summed E-state index contributed by atoms with van der Waals surface area (Å²) in [6.45, 7) is 7.41. The van der Waals surface area contributed by atoms with Gasteiger partial charge in [-0.25, -0.2) is 0 Å². The van der Waals surface area contributed by atoms with Gasteiger partial charge in [0.25, 0.3) is 10.1 Å².